The average Bonchev–Trinajstić information content (AvgIpc) is 3.22. The Kier molecular flexibility index (Phi) is 7.80. The molecule has 156 valence electrons. The Balaban J connectivity index is 1.40. The van der Waals surface area contributed by atoms with Gasteiger partial charge in [0.05, 0.1) is 13.1 Å². The number of carbonyl (C=O) groups excluding carboxylic acids is 2. The number of hydrogen-bond donors (Lipinski definition) is 1. The molecule has 2 aromatic rings. The van der Waals surface area contributed by atoms with Crippen molar-refractivity contribution in [2.45, 2.75) is 20.4 Å². The van der Waals surface area contributed by atoms with E-state index in [4.69, 9.17) is 0 Å². The molecule has 1 aromatic heterocycles. The van der Waals surface area contributed by atoms with E-state index in [2.05, 4.69) is 33.5 Å². The maximum Gasteiger partial charge on any atom is 0.238 e. The summed E-state index contributed by atoms with van der Waals surface area (Å²) < 4.78 is 0. The van der Waals surface area contributed by atoms with Crippen molar-refractivity contribution in [3.05, 3.63) is 52.2 Å². The second kappa shape index (κ2) is 10.5. The quantitative estimate of drug-likeness (QED) is 0.722. The first-order valence-corrected chi connectivity index (χ1v) is 11.0. The summed E-state index contributed by atoms with van der Waals surface area (Å²) in [6.07, 6.45) is 0. The average molecular weight is 415 g/mol. The van der Waals surface area contributed by atoms with Crippen LogP contribution >= 0.6 is 11.3 Å². The Hall–Kier alpha value is -2.22. The van der Waals surface area contributed by atoms with Gasteiger partial charge >= 0.3 is 0 Å². The normalized spacial score (nSPS) is 14.9. The van der Waals surface area contributed by atoms with E-state index >= 15 is 0 Å². The molecule has 1 N–H and O–H groups in total. The minimum Gasteiger partial charge on any atom is -0.339 e. The highest BCUT2D eigenvalue weighted by Crippen LogP contribution is 2.13. The van der Waals surface area contributed by atoms with E-state index in [1.165, 1.54) is 10.4 Å². The zero-order valence-electron chi connectivity index (χ0n) is 17.3. The van der Waals surface area contributed by atoms with Crippen LogP contribution in [-0.2, 0) is 16.1 Å². The molecule has 29 heavy (non-hydrogen) atoms. The number of aryl methyl sites for hydroxylation is 1. The maximum atomic E-state index is 12.7. The fourth-order valence-electron chi connectivity index (χ4n) is 3.39. The first kappa shape index (κ1) is 21.5. The van der Waals surface area contributed by atoms with Crippen molar-refractivity contribution < 1.29 is 9.59 Å². The van der Waals surface area contributed by atoms with E-state index in [0.717, 1.165) is 31.9 Å². The van der Waals surface area contributed by atoms with Crippen LogP contribution in [0.25, 0.3) is 0 Å². The Morgan fingerprint density at radius 3 is 2.45 bits per heavy atom. The Morgan fingerprint density at radius 2 is 1.83 bits per heavy atom. The van der Waals surface area contributed by atoms with E-state index in [0.29, 0.717) is 26.2 Å². The van der Waals surface area contributed by atoms with Crippen LogP contribution < -0.4 is 5.32 Å². The zero-order valence-corrected chi connectivity index (χ0v) is 18.1. The second-order valence-electron chi connectivity index (χ2n) is 7.45. The van der Waals surface area contributed by atoms with E-state index in [1.807, 2.05) is 42.2 Å². The van der Waals surface area contributed by atoms with Crippen LogP contribution in [0.5, 0.6) is 0 Å². The lowest BCUT2D eigenvalue weighted by Gasteiger charge is -2.35. The number of nitrogens with zero attached hydrogens (tertiary/aromatic N) is 3. The van der Waals surface area contributed by atoms with Crippen molar-refractivity contribution in [3.63, 3.8) is 0 Å². The number of nitrogens with one attached hydrogen (secondary N) is 1. The fourth-order valence-corrected chi connectivity index (χ4v) is 4.14. The molecule has 2 amide bonds. The van der Waals surface area contributed by atoms with Gasteiger partial charge in [0, 0.05) is 43.3 Å². The monoisotopic (exact) mass is 414 g/mol. The number of likely N-dealkylation sites (N-methyl/N-ethyl adjacent to an activating group) is 1. The van der Waals surface area contributed by atoms with Crippen molar-refractivity contribution in [1.82, 2.24) is 14.7 Å². The van der Waals surface area contributed by atoms with Crippen molar-refractivity contribution in [3.8, 4) is 0 Å². The van der Waals surface area contributed by atoms with Crippen LogP contribution in [0, 0.1) is 6.92 Å². The van der Waals surface area contributed by atoms with Gasteiger partial charge in [-0.2, -0.15) is 0 Å². The molecule has 6 nitrogen and oxygen atoms in total. The van der Waals surface area contributed by atoms with Crippen molar-refractivity contribution in [2.75, 3.05) is 51.1 Å². The summed E-state index contributed by atoms with van der Waals surface area (Å²) in [5, 5.41) is 5.01. The number of hydrogen-bond acceptors (Lipinski definition) is 5. The lowest BCUT2D eigenvalue weighted by molar-refractivity contribution is -0.134. The molecule has 0 radical (unpaired) electrons. The third-order valence-electron chi connectivity index (χ3n) is 5.19. The number of benzene rings is 1. The van der Waals surface area contributed by atoms with Gasteiger partial charge in [0.1, 0.15) is 0 Å². The third kappa shape index (κ3) is 6.66. The molecule has 1 fully saturated rings. The van der Waals surface area contributed by atoms with Crippen LogP contribution in [0.1, 0.15) is 17.4 Å². The molecule has 0 unspecified atom stereocenters. The Labute approximate surface area is 177 Å². The number of piperazine rings is 1. The summed E-state index contributed by atoms with van der Waals surface area (Å²) in [6.45, 7) is 9.38. The molecule has 0 bridgehead atoms. The predicted octanol–water partition coefficient (Wildman–Crippen LogP) is 2.66. The molecule has 1 aliphatic heterocycles. The molecule has 2 heterocycles. The minimum atomic E-state index is -0.0123. The summed E-state index contributed by atoms with van der Waals surface area (Å²) in [6, 6.07) is 12.0. The van der Waals surface area contributed by atoms with Crippen LogP contribution in [-0.4, -0.2) is 72.3 Å². The molecule has 0 atom stereocenters. The van der Waals surface area contributed by atoms with E-state index in [9.17, 15) is 9.59 Å². The Morgan fingerprint density at radius 1 is 1.10 bits per heavy atom. The summed E-state index contributed by atoms with van der Waals surface area (Å²) >= 11 is 1.73. The number of rotatable bonds is 8. The molecular weight excluding hydrogens is 384 g/mol. The first-order chi connectivity index (χ1) is 14.0. The van der Waals surface area contributed by atoms with Crippen LogP contribution in [0.2, 0.25) is 0 Å². The topological polar surface area (TPSA) is 55.9 Å². The number of amides is 2. The molecule has 0 aliphatic carbocycles. The van der Waals surface area contributed by atoms with Crippen LogP contribution in [0.3, 0.4) is 0 Å². The van der Waals surface area contributed by atoms with Gasteiger partial charge in [-0.15, -0.1) is 11.3 Å². The highest BCUT2D eigenvalue weighted by Gasteiger charge is 2.23. The van der Waals surface area contributed by atoms with Crippen molar-refractivity contribution in [2.24, 2.45) is 0 Å². The van der Waals surface area contributed by atoms with Gasteiger partial charge in [-0.3, -0.25) is 19.4 Å². The van der Waals surface area contributed by atoms with E-state index in [-0.39, 0.29) is 11.8 Å². The summed E-state index contributed by atoms with van der Waals surface area (Å²) in [5.41, 5.74) is 1.99. The van der Waals surface area contributed by atoms with E-state index in [1.54, 1.807) is 11.3 Å². The number of anilines is 1. The molecule has 0 saturated carbocycles. The highest BCUT2D eigenvalue weighted by atomic mass is 32.1. The Bertz CT molecular complexity index is 784. The highest BCUT2D eigenvalue weighted by molar-refractivity contribution is 7.09. The van der Waals surface area contributed by atoms with Gasteiger partial charge in [-0.25, -0.2) is 0 Å². The molecular formula is C22H30N4O2S. The van der Waals surface area contributed by atoms with Gasteiger partial charge in [-0.1, -0.05) is 30.7 Å². The predicted molar refractivity (Wildman–Crippen MR) is 118 cm³/mol. The number of thiophene rings is 1. The SMILES string of the molecule is CCN(CC(=O)N1CCN(CC(=O)Nc2ccc(C)cc2)CC1)Cc1cccs1. The van der Waals surface area contributed by atoms with Crippen molar-refractivity contribution in [1.29, 1.82) is 0 Å². The maximum absolute atomic E-state index is 12.7. The standard InChI is InChI=1S/C22H30N4O2S/c1-3-24(15-20-5-4-14-29-20)17-22(28)26-12-10-25(11-13-26)16-21(27)23-19-8-6-18(2)7-9-19/h4-9,14H,3,10-13,15-17H2,1-2H3,(H,23,27). The molecule has 0 spiro atoms. The largest absolute Gasteiger partial charge is 0.339 e. The summed E-state index contributed by atoms with van der Waals surface area (Å²) in [7, 11) is 0. The molecule has 7 heteroatoms. The smallest absolute Gasteiger partial charge is 0.238 e. The van der Waals surface area contributed by atoms with Gasteiger partial charge in [0.15, 0.2) is 0 Å². The molecule has 1 saturated heterocycles. The van der Waals surface area contributed by atoms with Crippen molar-refractivity contribution >= 4 is 28.8 Å². The molecule has 1 aromatic carbocycles. The minimum absolute atomic E-state index is 0.0123. The molecule has 3 rings (SSSR count). The first-order valence-electron chi connectivity index (χ1n) is 10.1. The van der Waals surface area contributed by atoms with E-state index < -0.39 is 0 Å². The van der Waals surface area contributed by atoms with Gasteiger partial charge < -0.3 is 10.2 Å². The third-order valence-corrected chi connectivity index (χ3v) is 6.05. The second-order valence-corrected chi connectivity index (χ2v) is 8.49. The van der Waals surface area contributed by atoms with Gasteiger partial charge in [-0.05, 0) is 37.0 Å². The number of carbonyl (C=O) groups is 2. The zero-order chi connectivity index (χ0) is 20.6. The lowest BCUT2D eigenvalue weighted by atomic mass is 10.2. The van der Waals surface area contributed by atoms with Crippen LogP contribution in [0.4, 0.5) is 5.69 Å². The van der Waals surface area contributed by atoms with Crippen LogP contribution in [0.15, 0.2) is 41.8 Å². The lowest BCUT2D eigenvalue weighted by Crippen LogP contribution is -2.52. The summed E-state index contributed by atoms with van der Waals surface area (Å²) in [5.74, 6) is 0.161. The molecule has 1 aliphatic rings. The fraction of sp³-hybridized carbons (Fsp3) is 0.455. The van der Waals surface area contributed by atoms with Gasteiger partial charge in [0.25, 0.3) is 0 Å². The summed E-state index contributed by atoms with van der Waals surface area (Å²) in [4.78, 5) is 32.4. The van der Waals surface area contributed by atoms with Gasteiger partial charge in [0.2, 0.25) is 11.8 Å².